The minimum atomic E-state index is -3.68. The molecule has 0 aliphatic carbocycles. The number of pyridine rings is 1. The molecule has 2 aromatic rings. The number of furan rings is 1. The Morgan fingerprint density at radius 3 is 2.62 bits per heavy atom. The summed E-state index contributed by atoms with van der Waals surface area (Å²) in [6.45, 7) is 3.25. The summed E-state index contributed by atoms with van der Waals surface area (Å²) in [5, 5.41) is 9.03. The predicted octanol–water partition coefficient (Wildman–Crippen LogP) is 1.60. The summed E-state index contributed by atoms with van der Waals surface area (Å²) in [4.78, 5) is 4.37. The predicted molar refractivity (Wildman–Crippen MR) is 77.0 cm³/mol. The second kappa shape index (κ2) is 5.97. The van der Waals surface area contributed by atoms with Gasteiger partial charge in [0, 0.05) is 18.8 Å². The first kappa shape index (κ1) is 15.7. The minimum absolute atomic E-state index is 0.0710. The lowest BCUT2D eigenvalue weighted by Crippen LogP contribution is -2.27. The summed E-state index contributed by atoms with van der Waals surface area (Å²) in [5.41, 5.74) is 1.50. The van der Waals surface area contributed by atoms with Gasteiger partial charge < -0.3 is 9.52 Å². The largest absolute Gasteiger partial charge is 0.462 e. The molecule has 1 N–H and O–H groups in total. The Morgan fingerprint density at radius 2 is 2.05 bits per heavy atom. The molecule has 0 aliphatic heterocycles. The molecule has 114 valence electrons. The average Bonchev–Trinajstić information content (AvgIpc) is 2.80. The summed E-state index contributed by atoms with van der Waals surface area (Å²) < 4.78 is 31.5. The van der Waals surface area contributed by atoms with E-state index in [2.05, 4.69) is 4.98 Å². The first-order valence-corrected chi connectivity index (χ1v) is 7.87. The number of rotatable bonds is 5. The molecule has 2 aromatic heterocycles. The number of hydrogen-bond acceptors (Lipinski definition) is 5. The van der Waals surface area contributed by atoms with Gasteiger partial charge >= 0.3 is 0 Å². The van der Waals surface area contributed by atoms with Gasteiger partial charge in [0.15, 0.2) is 0 Å². The van der Waals surface area contributed by atoms with Gasteiger partial charge in [-0.15, -0.1) is 0 Å². The van der Waals surface area contributed by atoms with Gasteiger partial charge in [-0.05, 0) is 26.0 Å². The maximum absolute atomic E-state index is 12.5. The van der Waals surface area contributed by atoms with Gasteiger partial charge in [-0.3, -0.25) is 4.98 Å². The van der Waals surface area contributed by atoms with Crippen LogP contribution in [0.4, 0.5) is 0 Å². The molecule has 2 rings (SSSR count). The van der Waals surface area contributed by atoms with E-state index in [9.17, 15) is 8.42 Å². The van der Waals surface area contributed by atoms with Crippen molar-refractivity contribution in [2.24, 2.45) is 0 Å². The highest BCUT2D eigenvalue weighted by Gasteiger charge is 2.26. The summed E-state index contributed by atoms with van der Waals surface area (Å²) in [7, 11) is -2.19. The number of hydrogen-bond donors (Lipinski definition) is 1. The molecule has 0 spiro atoms. The summed E-state index contributed by atoms with van der Waals surface area (Å²) in [6.07, 6.45) is 0. The molecule has 0 saturated heterocycles. The van der Waals surface area contributed by atoms with Crippen LogP contribution in [-0.2, 0) is 23.2 Å². The van der Waals surface area contributed by atoms with Crippen molar-refractivity contribution in [2.45, 2.75) is 31.9 Å². The van der Waals surface area contributed by atoms with Gasteiger partial charge in [0.1, 0.15) is 23.0 Å². The zero-order valence-electron chi connectivity index (χ0n) is 12.2. The Kier molecular flexibility index (Phi) is 4.46. The molecular formula is C14H18N2O4S. The number of aliphatic hydroxyl groups excluding tert-OH is 1. The summed E-state index contributed by atoms with van der Waals surface area (Å²) in [5.74, 6) is 0.497. The van der Waals surface area contributed by atoms with Crippen LogP contribution >= 0.6 is 0 Å². The van der Waals surface area contributed by atoms with E-state index >= 15 is 0 Å². The maximum Gasteiger partial charge on any atom is 0.246 e. The van der Waals surface area contributed by atoms with Crippen molar-refractivity contribution < 1.29 is 17.9 Å². The quantitative estimate of drug-likeness (QED) is 0.907. The van der Waals surface area contributed by atoms with Crippen LogP contribution in [0.1, 0.15) is 22.9 Å². The maximum atomic E-state index is 12.5. The Hall–Kier alpha value is -1.70. The lowest BCUT2D eigenvalue weighted by molar-refractivity contribution is 0.244. The Bertz CT molecular complexity index is 737. The van der Waals surface area contributed by atoms with Crippen molar-refractivity contribution in [3.8, 4) is 0 Å². The van der Waals surface area contributed by atoms with Crippen LogP contribution < -0.4 is 0 Å². The number of aliphatic hydroxyl groups is 1. The molecule has 0 radical (unpaired) electrons. The van der Waals surface area contributed by atoms with E-state index in [0.717, 1.165) is 5.69 Å². The van der Waals surface area contributed by atoms with Gasteiger partial charge in [0.2, 0.25) is 10.0 Å². The first-order valence-electron chi connectivity index (χ1n) is 6.43. The minimum Gasteiger partial charge on any atom is -0.462 e. The van der Waals surface area contributed by atoms with Crippen molar-refractivity contribution in [1.82, 2.24) is 9.29 Å². The Morgan fingerprint density at radius 1 is 1.33 bits per heavy atom. The van der Waals surface area contributed by atoms with Crippen LogP contribution in [0.25, 0.3) is 0 Å². The van der Waals surface area contributed by atoms with E-state index in [1.54, 1.807) is 13.0 Å². The van der Waals surface area contributed by atoms with E-state index in [0.29, 0.717) is 5.69 Å². The topological polar surface area (TPSA) is 83.6 Å². The van der Waals surface area contributed by atoms with E-state index in [4.69, 9.17) is 9.52 Å². The molecule has 6 nitrogen and oxygen atoms in total. The molecule has 0 bridgehead atoms. The van der Waals surface area contributed by atoms with E-state index in [-0.39, 0.29) is 29.6 Å². The van der Waals surface area contributed by atoms with Crippen molar-refractivity contribution >= 4 is 10.0 Å². The zero-order valence-corrected chi connectivity index (χ0v) is 13.0. The van der Waals surface area contributed by atoms with Crippen LogP contribution in [0.15, 0.2) is 33.6 Å². The van der Waals surface area contributed by atoms with Gasteiger partial charge in [-0.25, -0.2) is 8.42 Å². The lowest BCUT2D eigenvalue weighted by atomic mass is 10.3. The van der Waals surface area contributed by atoms with Crippen LogP contribution in [0.2, 0.25) is 0 Å². The van der Waals surface area contributed by atoms with Gasteiger partial charge in [0.25, 0.3) is 0 Å². The molecule has 0 unspecified atom stereocenters. The fourth-order valence-electron chi connectivity index (χ4n) is 2.03. The highest BCUT2D eigenvalue weighted by Crippen LogP contribution is 2.23. The monoisotopic (exact) mass is 310 g/mol. The normalized spacial score (nSPS) is 12.0. The number of aromatic nitrogens is 1. The number of nitrogens with zero attached hydrogens (tertiary/aromatic N) is 2. The van der Waals surface area contributed by atoms with Crippen molar-refractivity contribution in [3.63, 3.8) is 0 Å². The second-order valence-electron chi connectivity index (χ2n) is 4.82. The molecule has 7 heteroatoms. The van der Waals surface area contributed by atoms with Crippen LogP contribution in [0.3, 0.4) is 0 Å². The van der Waals surface area contributed by atoms with Gasteiger partial charge in [-0.2, -0.15) is 4.31 Å². The summed E-state index contributed by atoms with van der Waals surface area (Å²) >= 11 is 0. The van der Waals surface area contributed by atoms with Gasteiger partial charge in [0.05, 0.1) is 12.2 Å². The number of aryl methyl sites for hydroxylation is 2. The van der Waals surface area contributed by atoms with Gasteiger partial charge in [-0.1, -0.05) is 6.07 Å². The van der Waals surface area contributed by atoms with E-state index in [1.807, 2.05) is 19.1 Å². The van der Waals surface area contributed by atoms with E-state index < -0.39 is 10.0 Å². The Balaban J connectivity index is 2.28. The van der Waals surface area contributed by atoms with Crippen LogP contribution in [-0.4, -0.2) is 29.9 Å². The third-order valence-corrected chi connectivity index (χ3v) is 5.01. The van der Waals surface area contributed by atoms with E-state index in [1.165, 1.54) is 17.4 Å². The highest BCUT2D eigenvalue weighted by molar-refractivity contribution is 7.89. The Labute approximate surface area is 124 Å². The average molecular weight is 310 g/mol. The molecule has 2 heterocycles. The summed E-state index contributed by atoms with van der Waals surface area (Å²) in [6, 6.07) is 6.82. The third-order valence-electron chi connectivity index (χ3n) is 3.10. The standard InChI is InChI=1S/C14H18N2O4S/c1-10-5-4-6-12(15-10)8-16(3)21(18,19)14-7-13(9-17)20-11(14)2/h4-7,17H,8-9H2,1-3H3. The zero-order chi connectivity index (χ0) is 15.6. The SMILES string of the molecule is Cc1cccc(CN(C)S(=O)(=O)c2cc(CO)oc2C)n1. The number of sulfonamides is 1. The lowest BCUT2D eigenvalue weighted by Gasteiger charge is -2.16. The van der Waals surface area contributed by atoms with Crippen molar-refractivity contribution in [2.75, 3.05) is 7.05 Å². The molecule has 0 aromatic carbocycles. The first-order chi connectivity index (χ1) is 9.84. The fourth-order valence-corrected chi connectivity index (χ4v) is 3.35. The molecule has 0 atom stereocenters. The molecule has 21 heavy (non-hydrogen) atoms. The molecule has 0 fully saturated rings. The molecule has 0 amide bonds. The van der Waals surface area contributed by atoms with Crippen molar-refractivity contribution in [1.29, 1.82) is 0 Å². The highest BCUT2D eigenvalue weighted by atomic mass is 32.2. The molecular weight excluding hydrogens is 292 g/mol. The third kappa shape index (κ3) is 3.31. The van der Waals surface area contributed by atoms with Crippen LogP contribution in [0, 0.1) is 13.8 Å². The smallest absolute Gasteiger partial charge is 0.246 e. The molecule has 0 aliphatic rings. The van der Waals surface area contributed by atoms with Crippen molar-refractivity contribution in [3.05, 3.63) is 47.2 Å². The molecule has 0 saturated carbocycles. The fraction of sp³-hybridized carbons (Fsp3) is 0.357. The second-order valence-corrected chi connectivity index (χ2v) is 6.84. The van der Waals surface area contributed by atoms with Crippen LogP contribution in [0.5, 0.6) is 0 Å².